The van der Waals surface area contributed by atoms with Gasteiger partial charge in [-0.2, -0.15) is 0 Å². The monoisotopic (exact) mass is 347 g/mol. The Bertz CT molecular complexity index is 410. The number of morpholine rings is 1. The number of aliphatic hydroxyl groups is 1. The maximum Gasteiger partial charge on any atom is 0.254 e. The summed E-state index contributed by atoms with van der Waals surface area (Å²) in [7, 11) is 0. The van der Waals surface area contributed by atoms with Gasteiger partial charge in [0.1, 0.15) is 0 Å². The third-order valence-electron chi connectivity index (χ3n) is 2.70. The Morgan fingerprint density at radius 2 is 2.41 bits per heavy atom. The molecule has 0 radical (unpaired) electrons. The minimum atomic E-state index is -0.254. The number of benzene rings is 1. The third kappa shape index (κ3) is 3.17. The topological polar surface area (TPSA) is 49.8 Å². The van der Waals surface area contributed by atoms with E-state index in [1.165, 1.54) is 0 Å². The second kappa shape index (κ2) is 5.79. The first-order valence-corrected chi connectivity index (χ1v) is 6.56. The van der Waals surface area contributed by atoms with Gasteiger partial charge in [0.05, 0.1) is 19.3 Å². The number of rotatable bonds is 2. The van der Waals surface area contributed by atoms with E-state index in [2.05, 4.69) is 22.6 Å². The lowest BCUT2D eigenvalue weighted by Gasteiger charge is -2.32. The van der Waals surface area contributed by atoms with Crippen molar-refractivity contribution < 1.29 is 14.6 Å². The zero-order valence-electron chi connectivity index (χ0n) is 9.30. The number of hydrogen-bond donors (Lipinski definition) is 1. The minimum absolute atomic E-state index is 0.00488. The van der Waals surface area contributed by atoms with Gasteiger partial charge < -0.3 is 14.7 Å². The maximum atomic E-state index is 12.2. The van der Waals surface area contributed by atoms with E-state index in [0.29, 0.717) is 25.3 Å². The van der Waals surface area contributed by atoms with Gasteiger partial charge in [-0.25, -0.2) is 0 Å². The number of halogens is 1. The van der Waals surface area contributed by atoms with Gasteiger partial charge in [-0.1, -0.05) is 6.07 Å². The lowest BCUT2D eigenvalue weighted by Crippen LogP contribution is -2.46. The van der Waals surface area contributed by atoms with E-state index in [1.807, 2.05) is 24.3 Å². The Hall–Kier alpha value is -0.660. The highest BCUT2D eigenvalue weighted by Gasteiger charge is 2.24. The number of aliphatic hydroxyl groups excluding tert-OH is 1. The molecule has 1 unspecified atom stereocenters. The molecule has 92 valence electrons. The van der Waals surface area contributed by atoms with E-state index < -0.39 is 0 Å². The summed E-state index contributed by atoms with van der Waals surface area (Å²) in [5.41, 5.74) is 0.690. The highest BCUT2D eigenvalue weighted by atomic mass is 127. The van der Waals surface area contributed by atoms with Crippen LogP contribution in [0.3, 0.4) is 0 Å². The summed E-state index contributed by atoms with van der Waals surface area (Å²) >= 11 is 2.19. The largest absolute Gasteiger partial charge is 0.394 e. The fourth-order valence-electron chi connectivity index (χ4n) is 1.82. The highest BCUT2D eigenvalue weighted by molar-refractivity contribution is 14.1. The van der Waals surface area contributed by atoms with Crippen molar-refractivity contribution in [1.29, 1.82) is 0 Å². The van der Waals surface area contributed by atoms with Gasteiger partial charge in [0.2, 0.25) is 0 Å². The van der Waals surface area contributed by atoms with E-state index in [-0.39, 0.29) is 18.6 Å². The Balaban J connectivity index is 2.09. The summed E-state index contributed by atoms with van der Waals surface area (Å²) in [5.74, 6) is 0.00488. The van der Waals surface area contributed by atoms with Crippen molar-refractivity contribution >= 4 is 28.5 Å². The molecule has 0 saturated carbocycles. The van der Waals surface area contributed by atoms with Crippen molar-refractivity contribution in [3.8, 4) is 0 Å². The first-order chi connectivity index (χ1) is 8.20. The van der Waals surface area contributed by atoms with Crippen LogP contribution in [0.25, 0.3) is 0 Å². The van der Waals surface area contributed by atoms with E-state index >= 15 is 0 Å². The molecule has 0 bridgehead atoms. The molecule has 1 amide bonds. The molecule has 0 aromatic heterocycles. The molecule has 2 rings (SSSR count). The summed E-state index contributed by atoms with van der Waals surface area (Å²) in [6, 6.07) is 7.51. The van der Waals surface area contributed by atoms with Crippen LogP contribution in [0, 0.1) is 3.57 Å². The standard InChI is InChI=1S/C12H14INO3/c13-10-3-1-2-9(6-10)12(16)14-4-5-17-11(7-14)8-15/h1-3,6,11,15H,4-5,7-8H2. The summed E-state index contributed by atoms with van der Waals surface area (Å²) in [6.07, 6.45) is -0.254. The van der Waals surface area contributed by atoms with Crippen LogP contribution in [0.2, 0.25) is 0 Å². The summed E-state index contributed by atoms with van der Waals surface area (Å²) in [6.45, 7) is 1.48. The van der Waals surface area contributed by atoms with E-state index in [4.69, 9.17) is 9.84 Å². The van der Waals surface area contributed by atoms with Gasteiger partial charge in [0.25, 0.3) is 5.91 Å². The first-order valence-electron chi connectivity index (χ1n) is 5.48. The fraction of sp³-hybridized carbons (Fsp3) is 0.417. The van der Waals surface area contributed by atoms with Gasteiger partial charge >= 0.3 is 0 Å². The Kier molecular flexibility index (Phi) is 4.36. The van der Waals surface area contributed by atoms with Gasteiger partial charge in [0, 0.05) is 22.2 Å². The van der Waals surface area contributed by atoms with Crippen molar-refractivity contribution in [3.05, 3.63) is 33.4 Å². The van der Waals surface area contributed by atoms with Crippen LogP contribution >= 0.6 is 22.6 Å². The molecule has 1 atom stereocenters. The summed E-state index contributed by atoms with van der Waals surface area (Å²) < 4.78 is 6.36. The minimum Gasteiger partial charge on any atom is -0.394 e. The molecule has 17 heavy (non-hydrogen) atoms. The molecule has 1 saturated heterocycles. The van der Waals surface area contributed by atoms with Crippen molar-refractivity contribution in [3.63, 3.8) is 0 Å². The molecule has 1 N–H and O–H groups in total. The molecule has 0 spiro atoms. The third-order valence-corrected chi connectivity index (χ3v) is 3.37. The van der Waals surface area contributed by atoms with Crippen LogP contribution in [0.1, 0.15) is 10.4 Å². The quantitative estimate of drug-likeness (QED) is 0.816. The lowest BCUT2D eigenvalue weighted by atomic mass is 10.2. The lowest BCUT2D eigenvalue weighted by molar-refractivity contribution is -0.0447. The molecule has 1 fully saturated rings. The second-order valence-corrected chi connectivity index (χ2v) is 5.18. The molecular weight excluding hydrogens is 333 g/mol. The Morgan fingerprint density at radius 3 is 3.12 bits per heavy atom. The number of nitrogens with zero attached hydrogens (tertiary/aromatic N) is 1. The van der Waals surface area contributed by atoms with Gasteiger partial charge in [-0.05, 0) is 40.8 Å². The number of carbonyl (C=O) groups is 1. The molecule has 5 heteroatoms. The molecular formula is C12H14INO3. The van der Waals surface area contributed by atoms with Crippen LogP contribution in [-0.4, -0.2) is 48.3 Å². The molecule has 1 heterocycles. The van der Waals surface area contributed by atoms with Crippen molar-refractivity contribution in [1.82, 2.24) is 4.90 Å². The van der Waals surface area contributed by atoms with Gasteiger partial charge in [0.15, 0.2) is 0 Å². The maximum absolute atomic E-state index is 12.2. The Morgan fingerprint density at radius 1 is 1.59 bits per heavy atom. The van der Waals surface area contributed by atoms with E-state index in [0.717, 1.165) is 3.57 Å². The van der Waals surface area contributed by atoms with Crippen LogP contribution in [0.15, 0.2) is 24.3 Å². The van der Waals surface area contributed by atoms with Gasteiger partial charge in [-0.15, -0.1) is 0 Å². The highest BCUT2D eigenvalue weighted by Crippen LogP contribution is 2.13. The SMILES string of the molecule is O=C(c1cccc(I)c1)N1CCOC(CO)C1. The number of ether oxygens (including phenoxy) is 1. The molecule has 1 aromatic carbocycles. The normalized spacial score (nSPS) is 20.4. The zero-order chi connectivity index (χ0) is 12.3. The summed E-state index contributed by atoms with van der Waals surface area (Å²) in [4.78, 5) is 13.9. The second-order valence-electron chi connectivity index (χ2n) is 3.94. The van der Waals surface area contributed by atoms with Crippen LogP contribution in [-0.2, 0) is 4.74 Å². The Labute approximate surface area is 114 Å². The van der Waals surface area contributed by atoms with Crippen LogP contribution in [0.5, 0.6) is 0 Å². The predicted octanol–water partition coefficient (Wildman–Crippen LogP) is 1.12. The van der Waals surface area contributed by atoms with Crippen molar-refractivity contribution in [2.45, 2.75) is 6.10 Å². The van der Waals surface area contributed by atoms with Crippen LogP contribution in [0.4, 0.5) is 0 Å². The molecule has 1 aromatic rings. The predicted molar refractivity (Wildman–Crippen MR) is 71.9 cm³/mol. The average Bonchev–Trinajstić information content (AvgIpc) is 2.38. The average molecular weight is 347 g/mol. The molecule has 0 aliphatic carbocycles. The molecule has 4 nitrogen and oxygen atoms in total. The van der Waals surface area contributed by atoms with Crippen molar-refractivity contribution in [2.75, 3.05) is 26.3 Å². The summed E-state index contributed by atoms with van der Waals surface area (Å²) in [5, 5.41) is 9.04. The number of amides is 1. The fourth-order valence-corrected chi connectivity index (χ4v) is 2.36. The molecule has 1 aliphatic rings. The zero-order valence-corrected chi connectivity index (χ0v) is 11.5. The van der Waals surface area contributed by atoms with E-state index in [1.54, 1.807) is 4.90 Å². The van der Waals surface area contributed by atoms with E-state index in [9.17, 15) is 4.79 Å². The number of carbonyl (C=O) groups excluding carboxylic acids is 1. The van der Waals surface area contributed by atoms with Gasteiger partial charge in [-0.3, -0.25) is 4.79 Å². The number of hydrogen-bond acceptors (Lipinski definition) is 3. The molecule has 1 aliphatic heterocycles. The first kappa shape index (κ1) is 12.8. The smallest absolute Gasteiger partial charge is 0.254 e. The van der Waals surface area contributed by atoms with Crippen LogP contribution < -0.4 is 0 Å². The van der Waals surface area contributed by atoms with Crippen molar-refractivity contribution in [2.24, 2.45) is 0 Å².